The van der Waals surface area contributed by atoms with Gasteiger partial charge in [0.1, 0.15) is 0 Å². The Bertz CT molecular complexity index is 435. The third-order valence-corrected chi connectivity index (χ3v) is 3.26. The van der Waals surface area contributed by atoms with E-state index in [1.807, 2.05) is 18.2 Å². The molecule has 1 aromatic carbocycles. The van der Waals surface area contributed by atoms with Crippen LogP contribution in [0.4, 0.5) is 5.69 Å². The molecule has 0 radical (unpaired) electrons. The molecule has 0 N–H and O–H groups in total. The summed E-state index contributed by atoms with van der Waals surface area (Å²) >= 11 is 4.34. The minimum absolute atomic E-state index is 0.00887. The summed E-state index contributed by atoms with van der Waals surface area (Å²) in [6.45, 7) is 10.5. The first kappa shape index (κ1) is 16.1. The van der Waals surface area contributed by atoms with Gasteiger partial charge in [0.05, 0.1) is 5.88 Å². The van der Waals surface area contributed by atoms with Crippen LogP contribution in [0.25, 0.3) is 0 Å². The summed E-state index contributed by atoms with van der Waals surface area (Å²) in [4.78, 5) is 14.2. The SMILES string of the molecule is CC(C)c1ccccc1N(CS)C(=O)CC(C)(C)C. The van der Waals surface area contributed by atoms with Crippen LogP contribution in [-0.4, -0.2) is 11.8 Å². The van der Waals surface area contributed by atoms with E-state index in [0.717, 1.165) is 5.69 Å². The van der Waals surface area contributed by atoms with E-state index < -0.39 is 0 Å². The predicted molar refractivity (Wildman–Crippen MR) is 85.9 cm³/mol. The summed E-state index contributed by atoms with van der Waals surface area (Å²) in [5.74, 6) is 0.940. The van der Waals surface area contributed by atoms with Crippen molar-refractivity contribution in [3.63, 3.8) is 0 Å². The van der Waals surface area contributed by atoms with E-state index in [9.17, 15) is 4.79 Å². The molecule has 0 aliphatic carbocycles. The standard InChI is InChI=1S/C16H25NOS/c1-12(2)13-8-6-7-9-14(13)17(11-19)15(18)10-16(3,4)5/h6-9,12,19H,10-11H2,1-5H3. The summed E-state index contributed by atoms with van der Waals surface area (Å²) < 4.78 is 0. The Labute approximate surface area is 122 Å². The third-order valence-electron chi connectivity index (χ3n) is 2.97. The maximum absolute atomic E-state index is 12.4. The third kappa shape index (κ3) is 4.57. The van der Waals surface area contributed by atoms with Crippen molar-refractivity contribution in [3.8, 4) is 0 Å². The number of hydrogen-bond acceptors (Lipinski definition) is 2. The number of benzene rings is 1. The monoisotopic (exact) mass is 279 g/mol. The highest BCUT2D eigenvalue weighted by molar-refractivity contribution is 7.80. The molecule has 0 spiro atoms. The second-order valence-corrected chi connectivity index (χ2v) is 6.70. The maximum atomic E-state index is 12.4. The molecule has 3 heteroatoms. The highest BCUT2D eigenvalue weighted by atomic mass is 32.1. The zero-order valence-corrected chi connectivity index (χ0v) is 13.5. The molecule has 1 aromatic rings. The molecular weight excluding hydrogens is 254 g/mol. The number of carbonyl (C=O) groups is 1. The average molecular weight is 279 g/mol. The fourth-order valence-electron chi connectivity index (χ4n) is 2.06. The minimum Gasteiger partial charge on any atom is -0.303 e. The predicted octanol–water partition coefficient (Wildman–Crippen LogP) is 4.47. The first-order valence-electron chi connectivity index (χ1n) is 6.76. The van der Waals surface area contributed by atoms with Crippen molar-refractivity contribution in [1.82, 2.24) is 0 Å². The van der Waals surface area contributed by atoms with Crippen molar-refractivity contribution in [1.29, 1.82) is 0 Å². The molecule has 0 fully saturated rings. The number of carbonyl (C=O) groups excluding carboxylic acids is 1. The van der Waals surface area contributed by atoms with Gasteiger partial charge in [-0.15, -0.1) is 0 Å². The van der Waals surface area contributed by atoms with Gasteiger partial charge in [-0.3, -0.25) is 4.79 Å². The highest BCUT2D eigenvalue weighted by Crippen LogP contribution is 2.30. The molecule has 1 amide bonds. The molecule has 0 aliphatic rings. The molecule has 0 aromatic heterocycles. The van der Waals surface area contributed by atoms with Gasteiger partial charge in [0.15, 0.2) is 0 Å². The van der Waals surface area contributed by atoms with Crippen LogP contribution < -0.4 is 4.90 Å². The van der Waals surface area contributed by atoms with Gasteiger partial charge in [-0.2, -0.15) is 12.6 Å². The zero-order chi connectivity index (χ0) is 14.6. The summed E-state index contributed by atoms with van der Waals surface area (Å²) in [6, 6.07) is 8.08. The summed E-state index contributed by atoms with van der Waals surface area (Å²) in [7, 11) is 0. The molecule has 1 rings (SSSR count). The largest absolute Gasteiger partial charge is 0.303 e. The molecule has 106 valence electrons. The Morgan fingerprint density at radius 1 is 1.26 bits per heavy atom. The minimum atomic E-state index is -0.00887. The maximum Gasteiger partial charge on any atom is 0.228 e. The second kappa shape index (κ2) is 6.47. The van der Waals surface area contributed by atoms with Gasteiger partial charge in [-0.25, -0.2) is 0 Å². The van der Waals surface area contributed by atoms with Gasteiger partial charge in [0.2, 0.25) is 5.91 Å². The molecule has 19 heavy (non-hydrogen) atoms. The molecule has 2 nitrogen and oxygen atoms in total. The van der Waals surface area contributed by atoms with Gasteiger partial charge in [0.25, 0.3) is 0 Å². The smallest absolute Gasteiger partial charge is 0.228 e. The molecular formula is C16H25NOS. The fraction of sp³-hybridized carbons (Fsp3) is 0.562. The van der Waals surface area contributed by atoms with Gasteiger partial charge in [0, 0.05) is 12.1 Å². The van der Waals surface area contributed by atoms with E-state index in [0.29, 0.717) is 18.2 Å². The number of anilines is 1. The van der Waals surface area contributed by atoms with E-state index in [1.165, 1.54) is 5.56 Å². The Morgan fingerprint density at radius 3 is 2.32 bits per heavy atom. The van der Waals surface area contributed by atoms with Gasteiger partial charge >= 0.3 is 0 Å². The van der Waals surface area contributed by atoms with Crippen molar-refractivity contribution in [2.24, 2.45) is 5.41 Å². The number of thiol groups is 1. The summed E-state index contributed by atoms with van der Waals surface area (Å²) in [5.41, 5.74) is 2.17. The number of amides is 1. The second-order valence-electron chi connectivity index (χ2n) is 6.41. The van der Waals surface area contributed by atoms with Gasteiger partial charge in [-0.1, -0.05) is 52.8 Å². The lowest BCUT2D eigenvalue weighted by atomic mass is 9.91. The number of para-hydroxylation sites is 1. The quantitative estimate of drug-likeness (QED) is 0.637. The lowest BCUT2D eigenvalue weighted by molar-refractivity contribution is -0.120. The normalized spacial score (nSPS) is 11.7. The van der Waals surface area contributed by atoms with E-state index in [4.69, 9.17) is 0 Å². The molecule has 0 atom stereocenters. The van der Waals surface area contributed by atoms with Crippen LogP contribution in [0.5, 0.6) is 0 Å². The summed E-state index contributed by atoms with van der Waals surface area (Å²) in [6.07, 6.45) is 0.528. The van der Waals surface area contributed by atoms with Crippen LogP contribution >= 0.6 is 12.6 Å². The summed E-state index contributed by atoms with van der Waals surface area (Å²) in [5, 5.41) is 0. The average Bonchev–Trinajstić information content (AvgIpc) is 2.28. The Kier molecular flexibility index (Phi) is 5.48. The first-order valence-corrected chi connectivity index (χ1v) is 7.39. The van der Waals surface area contributed by atoms with Crippen LogP contribution in [0.3, 0.4) is 0 Å². The highest BCUT2D eigenvalue weighted by Gasteiger charge is 2.23. The molecule has 0 heterocycles. The molecule has 0 saturated carbocycles. The molecule has 0 aliphatic heterocycles. The molecule has 0 unspecified atom stereocenters. The lowest BCUT2D eigenvalue weighted by Gasteiger charge is -2.28. The molecule has 0 bridgehead atoms. The number of rotatable bonds is 4. The van der Waals surface area contributed by atoms with Crippen molar-refractivity contribution in [3.05, 3.63) is 29.8 Å². The van der Waals surface area contributed by atoms with Crippen LogP contribution in [0.2, 0.25) is 0 Å². The Morgan fingerprint density at radius 2 is 1.84 bits per heavy atom. The van der Waals surface area contributed by atoms with Crippen LogP contribution in [-0.2, 0) is 4.79 Å². The topological polar surface area (TPSA) is 20.3 Å². The zero-order valence-electron chi connectivity index (χ0n) is 12.6. The number of hydrogen-bond donors (Lipinski definition) is 1. The van der Waals surface area contributed by atoms with Crippen LogP contribution in [0.1, 0.15) is 52.5 Å². The van der Waals surface area contributed by atoms with Gasteiger partial charge < -0.3 is 4.90 Å². The van der Waals surface area contributed by atoms with E-state index in [-0.39, 0.29) is 11.3 Å². The van der Waals surface area contributed by atoms with E-state index in [2.05, 4.69) is 53.3 Å². The Hall–Kier alpha value is -0.960. The van der Waals surface area contributed by atoms with E-state index in [1.54, 1.807) is 4.90 Å². The molecule has 0 saturated heterocycles. The lowest BCUT2D eigenvalue weighted by Crippen LogP contribution is -2.33. The van der Waals surface area contributed by atoms with Crippen molar-refractivity contribution in [2.75, 3.05) is 10.8 Å². The van der Waals surface area contributed by atoms with Crippen LogP contribution in [0.15, 0.2) is 24.3 Å². The van der Waals surface area contributed by atoms with Gasteiger partial charge in [-0.05, 0) is 23.0 Å². The number of nitrogens with zero attached hydrogens (tertiary/aromatic N) is 1. The van der Waals surface area contributed by atoms with E-state index >= 15 is 0 Å². The Balaban J connectivity index is 3.07. The van der Waals surface area contributed by atoms with Crippen molar-refractivity contribution >= 4 is 24.2 Å². The fourth-order valence-corrected chi connectivity index (χ4v) is 2.37. The van der Waals surface area contributed by atoms with Crippen molar-refractivity contribution < 1.29 is 4.79 Å². The first-order chi connectivity index (χ1) is 8.76. The van der Waals surface area contributed by atoms with Crippen LogP contribution in [0, 0.1) is 5.41 Å². The van der Waals surface area contributed by atoms with Crippen molar-refractivity contribution in [2.45, 2.75) is 47.0 Å².